The molecule has 15 heteroatoms. The molecule has 0 atom stereocenters. The van der Waals surface area contributed by atoms with Gasteiger partial charge in [-0.15, -0.1) is 0 Å². The van der Waals surface area contributed by atoms with Crippen molar-refractivity contribution < 1.29 is 32.4 Å². The van der Waals surface area contributed by atoms with Crippen LogP contribution in [0.1, 0.15) is 54.1 Å². The number of aliphatic carboxylic acids is 1. The lowest BCUT2D eigenvalue weighted by Crippen LogP contribution is -2.24. The van der Waals surface area contributed by atoms with Crippen LogP contribution in [0.2, 0.25) is 0 Å². The Morgan fingerprint density at radius 3 is 2.37 bits per heavy atom. The Bertz CT molecular complexity index is 1790. The maximum absolute atomic E-state index is 12.5. The van der Waals surface area contributed by atoms with E-state index in [4.69, 9.17) is 14.4 Å². The van der Waals surface area contributed by atoms with Crippen molar-refractivity contribution in [2.75, 3.05) is 0 Å². The number of carboxylic acid groups (broad SMARTS) is 1. The third-order valence-corrected chi connectivity index (χ3v) is 6.10. The first-order chi connectivity index (χ1) is 20.1. The zero-order valence-electron chi connectivity index (χ0n) is 23.8. The fourth-order valence-corrected chi connectivity index (χ4v) is 3.85. The van der Waals surface area contributed by atoms with Gasteiger partial charge in [-0.25, -0.2) is 14.3 Å². The summed E-state index contributed by atoms with van der Waals surface area (Å²) in [6.45, 7) is 10.1. The number of aromatic nitrogens is 7. The summed E-state index contributed by atoms with van der Waals surface area (Å²) in [6.07, 6.45) is 0.151. The largest absolute Gasteiger partial charge is 0.490 e. The molecule has 0 saturated carbocycles. The number of alkyl halides is 3. The lowest BCUT2D eigenvalue weighted by atomic mass is 9.96. The molecule has 0 unspecified atom stereocenters. The molecule has 0 saturated heterocycles. The van der Waals surface area contributed by atoms with E-state index in [-0.39, 0.29) is 11.3 Å². The molecular weight excluding hydrogens is 569 g/mol. The number of carbonyl (C=O) groups is 2. The normalized spacial score (nSPS) is 11.6. The summed E-state index contributed by atoms with van der Waals surface area (Å²) in [5.74, 6) is -2.71. The van der Waals surface area contributed by atoms with Crippen molar-refractivity contribution >= 4 is 17.4 Å². The number of fused-ring (bicyclic) bond motifs is 1. The molecule has 224 valence electrons. The number of benzene rings is 1. The molecule has 12 nitrogen and oxygen atoms in total. The van der Waals surface area contributed by atoms with Crippen LogP contribution in [0.3, 0.4) is 0 Å². The van der Waals surface area contributed by atoms with Gasteiger partial charge in [0.05, 0.1) is 23.1 Å². The highest BCUT2D eigenvalue weighted by Crippen LogP contribution is 2.29. The molecule has 1 aromatic carbocycles. The fraction of sp³-hybridized carbons (Fsp3) is 0.286. The Labute approximate surface area is 243 Å². The highest BCUT2D eigenvalue weighted by molar-refractivity contribution is 5.89. The smallest absolute Gasteiger partial charge is 0.475 e. The molecule has 5 rings (SSSR count). The zero-order valence-corrected chi connectivity index (χ0v) is 23.8. The molecule has 0 aliphatic rings. The molecule has 0 bridgehead atoms. The summed E-state index contributed by atoms with van der Waals surface area (Å²) in [5, 5.41) is 26.4. The van der Waals surface area contributed by atoms with Gasteiger partial charge in [-0.1, -0.05) is 38.1 Å². The van der Waals surface area contributed by atoms with Gasteiger partial charge in [0.25, 0.3) is 0 Å². The fourth-order valence-electron chi connectivity index (χ4n) is 3.85. The second-order valence-corrected chi connectivity index (χ2v) is 10.6. The molecule has 0 fully saturated rings. The average molecular weight is 597 g/mol. The van der Waals surface area contributed by atoms with Gasteiger partial charge in [-0.05, 0) is 43.2 Å². The highest BCUT2D eigenvalue weighted by Gasteiger charge is 2.38. The van der Waals surface area contributed by atoms with Gasteiger partial charge < -0.3 is 14.9 Å². The monoisotopic (exact) mass is 596 g/mol. The van der Waals surface area contributed by atoms with Gasteiger partial charge in [0.2, 0.25) is 0 Å². The minimum absolute atomic E-state index is 0.0406. The third-order valence-electron chi connectivity index (χ3n) is 6.10. The molecule has 5 aromatic rings. The molecular formula is C28H27F3N8O4. The Morgan fingerprint density at radius 1 is 1.05 bits per heavy atom. The minimum atomic E-state index is -5.08. The topological polar surface area (TPSA) is 161 Å². The predicted octanol–water partition coefficient (Wildman–Crippen LogP) is 4.71. The number of amides is 1. The Balaban J connectivity index is 0.000000541. The summed E-state index contributed by atoms with van der Waals surface area (Å²) in [4.78, 5) is 30.2. The summed E-state index contributed by atoms with van der Waals surface area (Å²) in [5.41, 5.74) is 7.15. The van der Waals surface area contributed by atoms with Crippen LogP contribution < -0.4 is 5.32 Å². The van der Waals surface area contributed by atoms with Gasteiger partial charge in [0.15, 0.2) is 5.82 Å². The number of carbonyl (C=O) groups excluding carboxylic acids is 1. The summed E-state index contributed by atoms with van der Waals surface area (Å²) in [7, 11) is 0. The van der Waals surface area contributed by atoms with Crippen LogP contribution in [0.5, 0.6) is 0 Å². The van der Waals surface area contributed by atoms with Crippen molar-refractivity contribution in [1.82, 2.24) is 40.3 Å². The van der Waals surface area contributed by atoms with E-state index in [1.54, 1.807) is 12.5 Å². The molecule has 2 N–H and O–H groups in total. The number of halogens is 3. The van der Waals surface area contributed by atoms with E-state index < -0.39 is 18.1 Å². The molecule has 1 amide bonds. The number of aryl methyl sites for hydroxylation is 2. The lowest BCUT2D eigenvalue weighted by molar-refractivity contribution is -0.192. The summed E-state index contributed by atoms with van der Waals surface area (Å²) >= 11 is 0. The summed E-state index contributed by atoms with van der Waals surface area (Å²) in [6, 6.07) is 10.1. The van der Waals surface area contributed by atoms with Crippen LogP contribution in [0, 0.1) is 13.8 Å². The van der Waals surface area contributed by atoms with Gasteiger partial charge in [-0.2, -0.15) is 33.5 Å². The molecule has 0 radical (unpaired) electrons. The lowest BCUT2D eigenvalue weighted by Gasteiger charge is -2.11. The van der Waals surface area contributed by atoms with Crippen LogP contribution in [-0.4, -0.2) is 58.1 Å². The average Bonchev–Trinajstić information content (AvgIpc) is 3.60. The van der Waals surface area contributed by atoms with E-state index in [1.807, 2.05) is 69.6 Å². The van der Waals surface area contributed by atoms with Crippen LogP contribution in [0.25, 0.3) is 27.9 Å². The Morgan fingerprint density at radius 2 is 1.77 bits per heavy atom. The van der Waals surface area contributed by atoms with Gasteiger partial charge in [0.1, 0.15) is 6.33 Å². The molecule has 4 aromatic heterocycles. The summed E-state index contributed by atoms with van der Waals surface area (Å²) < 4.78 is 38.7. The quantitative estimate of drug-likeness (QED) is 0.291. The number of rotatable bonds is 5. The third kappa shape index (κ3) is 7.36. The van der Waals surface area contributed by atoms with Gasteiger partial charge in [0, 0.05) is 34.8 Å². The number of hydrogen-bond donors (Lipinski definition) is 2. The minimum Gasteiger partial charge on any atom is -0.475 e. The van der Waals surface area contributed by atoms with Crippen molar-refractivity contribution in [2.45, 2.75) is 52.8 Å². The predicted molar refractivity (Wildman–Crippen MR) is 147 cm³/mol. The molecule has 0 spiro atoms. The van der Waals surface area contributed by atoms with E-state index in [0.29, 0.717) is 12.4 Å². The number of hydrogen-bond acceptors (Lipinski definition) is 9. The number of carboxylic acids is 1. The first-order valence-corrected chi connectivity index (χ1v) is 12.8. The first kappa shape index (κ1) is 30.7. The van der Waals surface area contributed by atoms with Crippen molar-refractivity contribution in [2.24, 2.45) is 0 Å². The molecule has 4 heterocycles. The van der Waals surface area contributed by atoms with Crippen molar-refractivity contribution in [3.8, 4) is 22.4 Å². The molecule has 0 aliphatic carbocycles. The van der Waals surface area contributed by atoms with Gasteiger partial charge in [-0.3, -0.25) is 4.79 Å². The van der Waals surface area contributed by atoms with E-state index in [1.165, 1.54) is 0 Å². The Kier molecular flexibility index (Phi) is 8.55. The second-order valence-electron chi connectivity index (χ2n) is 10.6. The van der Waals surface area contributed by atoms with Crippen molar-refractivity contribution in [1.29, 1.82) is 0 Å². The standard InChI is InChI=1S/C26H26N8O2.C2HF3O2/c1-15-8-17(6-7-18(15)11-27-23(35)24-31-25(33-36-24)26(3,4)5)22-21-10-20(13-34(21)30-14-28-22)19-9-16(2)32-29-12-19;3-2(4,5)1(6)7/h6-10,12-14H,11H2,1-5H3,(H,27,35);(H,6,7). The molecule has 43 heavy (non-hydrogen) atoms. The molecule has 0 aliphatic heterocycles. The van der Waals surface area contributed by atoms with E-state index in [0.717, 1.165) is 44.7 Å². The zero-order chi connectivity index (χ0) is 31.5. The Hall–Kier alpha value is -5.21. The maximum Gasteiger partial charge on any atom is 0.490 e. The number of nitrogens with zero attached hydrogens (tertiary/aromatic N) is 7. The van der Waals surface area contributed by atoms with Crippen molar-refractivity contribution in [3.05, 3.63) is 77.6 Å². The SMILES string of the molecule is Cc1cc(-c2cc3c(-c4ccc(CNC(=O)c5nc(C(C)(C)C)no5)c(C)c4)ncnn3c2)cnn1.O=C(O)C(F)(F)F. The number of nitrogens with one attached hydrogen (secondary N) is 1. The highest BCUT2D eigenvalue weighted by atomic mass is 19.4. The van der Waals surface area contributed by atoms with Crippen LogP contribution in [0.15, 0.2) is 53.6 Å². The van der Waals surface area contributed by atoms with Crippen LogP contribution in [0.4, 0.5) is 13.2 Å². The van der Waals surface area contributed by atoms with E-state index in [2.05, 4.69) is 41.8 Å². The first-order valence-electron chi connectivity index (χ1n) is 12.8. The maximum atomic E-state index is 12.5. The van der Waals surface area contributed by atoms with E-state index >= 15 is 0 Å². The van der Waals surface area contributed by atoms with E-state index in [9.17, 15) is 18.0 Å². The van der Waals surface area contributed by atoms with Crippen molar-refractivity contribution in [3.63, 3.8) is 0 Å². The van der Waals surface area contributed by atoms with Crippen LogP contribution in [-0.2, 0) is 16.8 Å². The van der Waals surface area contributed by atoms with Gasteiger partial charge >= 0.3 is 23.9 Å². The second kappa shape index (κ2) is 12.0. The van der Waals surface area contributed by atoms with Crippen LogP contribution >= 0.6 is 0 Å².